The third kappa shape index (κ3) is 4.11. The van der Waals surface area contributed by atoms with E-state index in [-0.39, 0.29) is 0 Å². The van der Waals surface area contributed by atoms with Gasteiger partial charge in [0.05, 0.1) is 12.8 Å². The van der Waals surface area contributed by atoms with Crippen LogP contribution in [0.3, 0.4) is 0 Å². The first-order valence-corrected chi connectivity index (χ1v) is 6.90. The molecule has 20 heavy (non-hydrogen) atoms. The first kappa shape index (κ1) is 14.6. The maximum atomic E-state index is 5.97. The van der Waals surface area contributed by atoms with Crippen molar-refractivity contribution in [3.63, 3.8) is 0 Å². The Morgan fingerprint density at radius 3 is 2.65 bits per heavy atom. The molecule has 2 N–H and O–H groups in total. The Morgan fingerprint density at radius 1 is 1.20 bits per heavy atom. The number of methoxy groups -OCH3 is 1. The van der Waals surface area contributed by atoms with E-state index in [0.29, 0.717) is 22.4 Å². The van der Waals surface area contributed by atoms with Gasteiger partial charge in [-0.15, -0.1) is 0 Å². The van der Waals surface area contributed by atoms with E-state index >= 15 is 0 Å². The molecule has 3 nitrogen and oxygen atoms in total. The van der Waals surface area contributed by atoms with Crippen LogP contribution in [-0.4, -0.2) is 12.2 Å². The molecule has 0 aliphatic heterocycles. The smallest absolute Gasteiger partial charge is 0.171 e. The Labute approximate surface area is 128 Å². The standard InChI is InChI=1S/C15H15ClN2OS/c1-19-14-8-7-12(16)9-13(14)18-15(20)17-10-11-5-3-2-4-6-11/h2-9H,10H2,1H3,(H2,17,18,20). The van der Waals surface area contributed by atoms with Crippen molar-refractivity contribution < 1.29 is 4.74 Å². The summed E-state index contributed by atoms with van der Waals surface area (Å²) in [6.07, 6.45) is 0. The van der Waals surface area contributed by atoms with Gasteiger partial charge in [0.1, 0.15) is 5.75 Å². The molecule has 2 aromatic carbocycles. The monoisotopic (exact) mass is 306 g/mol. The van der Waals surface area contributed by atoms with E-state index in [0.717, 1.165) is 11.3 Å². The van der Waals surface area contributed by atoms with Gasteiger partial charge in [0, 0.05) is 11.6 Å². The summed E-state index contributed by atoms with van der Waals surface area (Å²) in [7, 11) is 1.61. The molecule has 0 bridgehead atoms. The van der Waals surface area contributed by atoms with Gasteiger partial charge in [-0.05, 0) is 36.0 Å². The zero-order chi connectivity index (χ0) is 14.4. The first-order chi connectivity index (χ1) is 9.69. The molecule has 5 heteroatoms. The highest BCUT2D eigenvalue weighted by molar-refractivity contribution is 7.80. The topological polar surface area (TPSA) is 33.3 Å². The lowest BCUT2D eigenvalue weighted by Gasteiger charge is -2.13. The summed E-state index contributed by atoms with van der Waals surface area (Å²) in [6.45, 7) is 0.662. The Morgan fingerprint density at radius 2 is 1.95 bits per heavy atom. The number of hydrogen-bond donors (Lipinski definition) is 2. The molecule has 0 aromatic heterocycles. The quantitative estimate of drug-likeness (QED) is 0.841. The summed E-state index contributed by atoms with van der Waals surface area (Å²) >= 11 is 11.2. The molecule has 2 aromatic rings. The Bertz CT molecular complexity index is 590. The summed E-state index contributed by atoms with van der Waals surface area (Å²) in [4.78, 5) is 0. The number of thiocarbonyl (C=S) groups is 1. The van der Waals surface area contributed by atoms with E-state index in [4.69, 9.17) is 28.6 Å². The minimum Gasteiger partial charge on any atom is -0.495 e. The van der Waals surface area contributed by atoms with Crippen LogP contribution < -0.4 is 15.4 Å². The molecule has 0 saturated carbocycles. The maximum Gasteiger partial charge on any atom is 0.171 e. The molecule has 0 aliphatic carbocycles. The second kappa shape index (κ2) is 7.12. The van der Waals surface area contributed by atoms with Crippen LogP contribution in [0, 0.1) is 0 Å². The highest BCUT2D eigenvalue weighted by atomic mass is 35.5. The van der Waals surface area contributed by atoms with Crippen LogP contribution in [0.2, 0.25) is 5.02 Å². The fraction of sp³-hybridized carbons (Fsp3) is 0.133. The van der Waals surface area contributed by atoms with Crippen molar-refractivity contribution in [3.8, 4) is 5.75 Å². The zero-order valence-corrected chi connectivity index (χ0v) is 12.6. The van der Waals surface area contributed by atoms with E-state index in [2.05, 4.69) is 10.6 Å². The van der Waals surface area contributed by atoms with Gasteiger partial charge in [0.2, 0.25) is 0 Å². The fourth-order valence-electron chi connectivity index (χ4n) is 1.72. The van der Waals surface area contributed by atoms with Gasteiger partial charge in [0.15, 0.2) is 5.11 Å². The van der Waals surface area contributed by atoms with E-state index in [1.165, 1.54) is 0 Å². The van der Waals surface area contributed by atoms with E-state index in [9.17, 15) is 0 Å². The highest BCUT2D eigenvalue weighted by Gasteiger charge is 2.05. The van der Waals surface area contributed by atoms with Gasteiger partial charge in [-0.25, -0.2) is 0 Å². The molecule has 0 aliphatic rings. The molecule has 0 fully saturated rings. The Hall–Kier alpha value is -1.78. The zero-order valence-electron chi connectivity index (χ0n) is 11.0. The lowest BCUT2D eigenvalue weighted by molar-refractivity contribution is 0.417. The van der Waals surface area contributed by atoms with Crippen molar-refractivity contribution >= 4 is 34.6 Å². The molecule has 2 rings (SSSR count). The van der Waals surface area contributed by atoms with Crippen LogP contribution in [0.25, 0.3) is 0 Å². The van der Waals surface area contributed by atoms with Gasteiger partial charge < -0.3 is 15.4 Å². The lowest BCUT2D eigenvalue weighted by atomic mass is 10.2. The molecule has 0 spiro atoms. The molecule has 0 heterocycles. The number of halogens is 1. The predicted molar refractivity (Wildman–Crippen MR) is 87.5 cm³/mol. The van der Waals surface area contributed by atoms with E-state index < -0.39 is 0 Å². The second-order valence-corrected chi connectivity index (χ2v) is 4.98. The maximum absolute atomic E-state index is 5.97. The SMILES string of the molecule is COc1ccc(Cl)cc1NC(=S)NCc1ccccc1. The highest BCUT2D eigenvalue weighted by Crippen LogP contribution is 2.27. The van der Waals surface area contributed by atoms with Gasteiger partial charge >= 0.3 is 0 Å². The van der Waals surface area contributed by atoms with Gasteiger partial charge in [-0.1, -0.05) is 41.9 Å². The molecule has 0 amide bonds. The van der Waals surface area contributed by atoms with Crippen LogP contribution >= 0.6 is 23.8 Å². The third-order valence-electron chi connectivity index (χ3n) is 2.71. The van der Waals surface area contributed by atoms with Gasteiger partial charge in [-0.2, -0.15) is 0 Å². The van der Waals surface area contributed by atoms with Crippen LogP contribution in [0.1, 0.15) is 5.56 Å². The second-order valence-electron chi connectivity index (χ2n) is 4.14. The largest absolute Gasteiger partial charge is 0.495 e. The predicted octanol–water partition coefficient (Wildman–Crippen LogP) is 3.84. The van der Waals surface area contributed by atoms with Crippen LogP contribution in [0.15, 0.2) is 48.5 Å². The van der Waals surface area contributed by atoms with Crippen molar-refractivity contribution in [1.29, 1.82) is 0 Å². The van der Waals surface area contributed by atoms with Crippen LogP contribution in [-0.2, 0) is 6.54 Å². The van der Waals surface area contributed by atoms with Crippen molar-refractivity contribution in [2.75, 3.05) is 12.4 Å². The fourth-order valence-corrected chi connectivity index (χ4v) is 2.08. The van der Waals surface area contributed by atoms with Gasteiger partial charge in [0.25, 0.3) is 0 Å². The van der Waals surface area contributed by atoms with Crippen LogP contribution in [0.4, 0.5) is 5.69 Å². The van der Waals surface area contributed by atoms with Gasteiger partial charge in [-0.3, -0.25) is 0 Å². The van der Waals surface area contributed by atoms with Crippen molar-refractivity contribution in [1.82, 2.24) is 5.32 Å². The molecular formula is C15H15ClN2OS. The summed E-state index contributed by atoms with van der Waals surface area (Å²) in [5.41, 5.74) is 1.90. The molecule has 0 radical (unpaired) electrons. The normalized spacial score (nSPS) is 9.90. The summed E-state index contributed by atoms with van der Waals surface area (Å²) < 4.78 is 5.26. The summed E-state index contributed by atoms with van der Waals surface area (Å²) in [5, 5.41) is 7.37. The lowest BCUT2D eigenvalue weighted by Crippen LogP contribution is -2.28. The van der Waals surface area contributed by atoms with E-state index in [1.54, 1.807) is 25.3 Å². The number of ether oxygens (including phenoxy) is 1. The molecule has 0 atom stereocenters. The minimum absolute atomic E-state index is 0.523. The number of hydrogen-bond acceptors (Lipinski definition) is 2. The average Bonchev–Trinajstić information content (AvgIpc) is 2.46. The molecule has 104 valence electrons. The number of rotatable bonds is 4. The van der Waals surface area contributed by atoms with Crippen LogP contribution in [0.5, 0.6) is 5.75 Å². The number of anilines is 1. The average molecular weight is 307 g/mol. The molecule has 0 saturated heterocycles. The number of benzene rings is 2. The number of nitrogens with one attached hydrogen (secondary N) is 2. The molecule has 0 unspecified atom stereocenters. The van der Waals surface area contributed by atoms with E-state index in [1.807, 2.05) is 30.3 Å². The third-order valence-corrected chi connectivity index (χ3v) is 3.19. The minimum atomic E-state index is 0.523. The summed E-state index contributed by atoms with van der Waals surface area (Å²) in [6, 6.07) is 15.4. The first-order valence-electron chi connectivity index (χ1n) is 6.11. The van der Waals surface area contributed by atoms with Crippen molar-refractivity contribution in [3.05, 3.63) is 59.1 Å². The Kier molecular flexibility index (Phi) is 5.21. The summed E-state index contributed by atoms with van der Waals surface area (Å²) in [5.74, 6) is 0.693. The van der Waals surface area contributed by atoms with Crippen molar-refractivity contribution in [2.45, 2.75) is 6.54 Å². The van der Waals surface area contributed by atoms with Crippen molar-refractivity contribution in [2.24, 2.45) is 0 Å². The molecular weight excluding hydrogens is 292 g/mol. The Balaban J connectivity index is 1.96.